The summed E-state index contributed by atoms with van der Waals surface area (Å²) in [5.74, 6) is 1.53. The minimum Gasteiger partial charge on any atom is -0.317 e. The zero-order valence-electron chi connectivity index (χ0n) is 8.16. The van der Waals surface area contributed by atoms with Gasteiger partial charge < -0.3 is 5.32 Å². The van der Waals surface area contributed by atoms with Crippen LogP contribution in [0, 0.1) is 5.92 Å². The van der Waals surface area contributed by atoms with Crippen molar-refractivity contribution in [2.45, 2.75) is 31.7 Å². The van der Waals surface area contributed by atoms with Gasteiger partial charge in [-0.1, -0.05) is 13.3 Å². The van der Waals surface area contributed by atoms with Crippen molar-refractivity contribution in [1.29, 1.82) is 0 Å². The number of nitrogens with one attached hydrogen (secondary N) is 1. The van der Waals surface area contributed by atoms with Crippen molar-refractivity contribution in [3.05, 3.63) is 16.6 Å². The van der Waals surface area contributed by atoms with Crippen molar-refractivity contribution in [3.8, 4) is 0 Å². The van der Waals surface area contributed by atoms with Gasteiger partial charge in [0.2, 0.25) is 0 Å². The van der Waals surface area contributed by atoms with Crippen molar-refractivity contribution in [1.82, 2.24) is 10.3 Å². The van der Waals surface area contributed by atoms with E-state index in [2.05, 4.69) is 29.7 Å². The quantitative estimate of drug-likeness (QED) is 0.802. The van der Waals surface area contributed by atoms with Gasteiger partial charge in [0.1, 0.15) is 0 Å². The molecular formula is C10H16N2S. The van der Waals surface area contributed by atoms with Gasteiger partial charge in [0, 0.05) is 23.5 Å². The van der Waals surface area contributed by atoms with Gasteiger partial charge in [0.15, 0.2) is 0 Å². The molecule has 1 fully saturated rings. The Morgan fingerprint density at radius 3 is 3.08 bits per heavy atom. The lowest BCUT2D eigenvalue weighted by molar-refractivity contribution is 0.169. The van der Waals surface area contributed by atoms with E-state index in [1.807, 2.05) is 6.20 Å². The molecule has 1 aliphatic rings. The van der Waals surface area contributed by atoms with Gasteiger partial charge >= 0.3 is 0 Å². The van der Waals surface area contributed by atoms with Gasteiger partial charge in [-0.05, 0) is 19.4 Å². The van der Waals surface area contributed by atoms with Gasteiger partial charge in [-0.3, -0.25) is 0 Å². The molecule has 0 aromatic carbocycles. The Morgan fingerprint density at radius 1 is 1.69 bits per heavy atom. The summed E-state index contributed by atoms with van der Waals surface area (Å²) < 4.78 is 0. The lowest BCUT2D eigenvalue weighted by Crippen LogP contribution is -2.47. The highest BCUT2D eigenvalue weighted by Gasteiger charge is 2.40. The van der Waals surface area contributed by atoms with E-state index in [1.54, 1.807) is 11.3 Å². The third-order valence-electron chi connectivity index (χ3n) is 3.15. The molecule has 1 N–H and O–H groups in total. The highest BCUT2D eigenvalue weighted by Crippen LogP contribution is 2.44. The number of nitrogens with zero attached hydrogens (tertiary/aromatic N) is 1. The summed E-state index contributed by atoms with van der Waals surface area (Å²) in [5, 5.41) is 6.78. The number of hydrogen-bond donors (Lipinski definition) is 1. The molecule has 2 nitrogen and oxygen atoms in total. The van der Waals surface area contributed by atoms with E-state index in [4.69, 9.17) is 0 Å². The second-order valence-corrected chi connectivity index (χ2v) is 4.61. The maximum atomic E-state index is 4.40. The van der Waals surface area contributed by atoms with Gasteiger partial charge in [-0.25, -0.2) is 4.98 Å². The average molecular weight is 196 g/mol. The van der Waals surface area contributed by atoms with Crippen LogP contribution in [0.15, 0.2) is 11.6 Å². The van der Waals surface area contributed by atoms with E-state index < -0.39 is 0 Å². The first kappa shape index (κ1) is 9.16. The standard InChI is InChI=1S/C10H16N2S/c1-3-7-8(6-9(7)11-2)10-12-4-5-13-10/h4-5,7-9,11H,3,6H2,1-2H3. The van der Waals surface area contributed by atoms with E-state index in [0.717, 1.165) is 17.9 Å². The van der Waals surface area contributed by atoms with E-state index in [0.29, 0.717) is 0 Å². The van der Waals surface area contributed by atoms with E-state index >= 15 is 0 Å². The molecule has 3 heteroatoms. The van der Waals surface area contributed by atoms with Crippen LogP contribution in [0.25, 0.3) is 0 Å². The van der Waals surface area contributed by atoms with Crippen LogP contribution in [0.5, 0.6) is 0 Å². The molecule has 13 heavy (non-hydrogen) atoms. The molecule has 1 saturated carbocycles. The Kier molecular flexibility index (Phi) is 2.65. The Morgan fingerprint density at radius 2 is 2.54 bits per heavy atom. The smallest absolute Gasteiger partial charge is 0.0959 e. The molecule has 3 unspecified atom stereocenters. The minimum atomic E-state index is 0.721. The molecule has 72 valence electrons. The average Bonchev–Trinajstić information content (AvgIpc) is 2.57. The van der Waals surface area contributed by atoms with Crippen molar-refractivity contribution in [2.24, 2.45) is 5.92 Å². The lowest BCUT2D eigenvalue weighted by Gasteiger charge is -2.43. The van der Waals surface area contributed by atoms with Crippen LogP contribution in [0.4, 0.5) is 0 Å². The molecule has 0 spiro atoms. The molecule has 0 aliphatic heterocycles. The SMILES string of the molecule is CCC1C(NC)CC1c1nccs1. The third kappa shape index (κ3) is 1.51. The Hall–Kier alpha value is -0.410. The number of thiazole rings is 1. The van der Waals surface area contributed by atoms with Crippen LogP contribution >= 0.6 is 11.3 Å². The predicted molar refractivity (Wildman–Crippen MR) is 56.1 cm³/mol. The molecule has 1 aliphatic carbocycles. The molecule has 1 aromatic heterocycles. The van der Waals surface area contributed by atoms with Crippen molar-refractivity contribution in [2.75, 3.05) is 7.05 Å². The van der Waals surface area contributed by atoms with Gasteiger partial charge in [-0.2, -0.15) is 0 Å². The molecule has 2 rings (SSSR count). The molecule has 0 saturated heterocycles. The van der Waals surface area contributed by atoms with Gasteiger partial charge in [-0.15, -0.1) is 11.3 Å². The lowest BCUT2D eigenvalue weighted by atomic mass is 9.68. The maximum absolute atomic E-state index is 4.40. The fraction of sp³-hybridized carbons (Fsp3) is 0.700. The van der Waals surface area contributed by atoms with Crippen LogP contribution in [0.2, 0.25) is 0 Å². The first-order chi connectivity index (χ1) is 6.36. The Bertz CT molecular complexity index is 258. The summed E-state index contributed by atoms with van der Waals surface area (Å²) in [4.78, 5) is 4.40. The summed E-state index contributed by atoms with van der Waals surface area (Å²) in [6, 6.07) is 0.721. The molecule has 1 heterocycles. The monoisotopic (exact) mass is 196 g/mol. The van der Waals surface area contributed by atoms with Crippen molar-refractivity contribution >= 4 is 11.3 Å². The first-order valence-electron chi connectivity index (χ1n) is 4.93. The summed E-state index contributed by atoms with van der Waals surface area (Å²) in [5.41, 5.74) is 0. The molecule has 3 atom stereocenters. The zero-order valence-corrected chi connectivity index (χ0v) is 8.97. The highest BCUT2D eigenvalue weighted by molar-refractivity contribution is 7.09. The summed E-state index contributed by atoms with van der Waals surface area (Å²) >= 11 is 1.80. The van der Waals surface area contributed by atoms with E-state index in [1.165, 1.54) is 17.8 Å². The summed E-state index contributed by atoms with van der Waals surface area (Å²) in [6.45, 7) is 2.27. The van der Waals surface area contributed by atoms with Gasteiger partial charge in [0.05, 0.1) is 5.01 Å². The third-order valence-corrected chi connectivity index (χ3v) is 4.06. The normalized spacial score (nSPS) is 32.9. The first-order valence-corrected chi connectivity index (χ1v) is 5.81. The van der Waals surface area contributed by atoms with E-state index in [-0.39, 0.29) is 0 Å². The summed E-state index contributed by atoms with van der Waals surface area (Å²) in [6.07, 6.45) is 4.44. The second-order valence-electron chi connectivity index (χ2n) is 3.68. The van der Waals surface area contributed by atoms with E-state index in [9.17, 15) is 0 Å². The molecule has 0 radical (unpaired) electrons. The van der Waals surface area contributed by atoms with Gasteiger partial charge in [0.25, 0.3) is 0 Å². The topological polar surface area (TPSA) is 24.9 Å². The largest absolute Gasteiger partial charge is 0.317 e. The van der Waals surface area contributed by atoms with Crippen molar-refractivity contribution < 1.29 is 0 Å². The zero-order chi connectivity index (χ0) is 9.26. The molecule has 0 bridgehead atoms. The predicted octanol–water partition coefficient (Wildman–Crippen LogP) is 2.24. The molecule has 1 aromatic rings. The van der Waals surface area contributed by atoms with Crippen LogP contribution < -0.4 is 5.32 Å². The fourth-order valence-electron chi connectivity index (χ4n) is 2.31. The number of hydrogen-bond acceptors (Lipinski definition) is 3. The Balaban J connectivity index is 2.04. The van der Waals surface area contributed by atoms with Crippen LogP contribution in [-0.4, -0.2) is 18.1 Å². The second kappa shape index (κ2) is 3.76. The maximum Gasteiger partial charge on any atom is 0.0959 e. The van der Waals surface area contributed by atoms with Crippen molar-refractivity contribution in [3.63, 3.8) is 0 Å². The number of aromatic nitrogens is 1. The summed E-state index contributed by atoms with van der Waals surface area (Å²) in [7, 11) is 2.06. The van der Waals surface area contributed by atoms with Crippen LogP contribution in [-0.2, 0) is 0 Å². The highest BCUT2D eigenvalue weighted by atomic mass is 32.1. The van der Waals surface area contributed by atoms with Crippen LogP contribution in [0.3, 0.4) is 0 Å². The molecular weight excluding hydrogens is 180 g/mol. The van der Waals surface area contributed by atoms with Crippen LogP contribution in [0.1, 0.15) is 30.7 Å². The fourth-order valence-corrected chi connectivity index (χ4v) is 3.14. The Labute approximate surface area is 83.4 Å². The molecule has 0 amide bonds. The number of rotatable bonds is 3. The minimum absolute atomic E-state index is 0.721.